The highest BCUT2D eigenvalue weighted by Crippen LogP contribution is 2.61. The SMILES string of the molecule is CCC1(CC)CC(CC)(CC)c2c1cc1c(c2[Si]/C(=C\c2ccccc2)c2ccc(C)cc2)C(CC)(CC)CC1(CC)CC. The number of hydrogen-bond donors (Lipinski definition) is 0. The summed E-state index contributed by atoms with van der Waals surface area (Å²) in [5, 5.41) is 3.24. The molecule has 0 aromatic heterocycles. The van der Waals surface area contributed by atoms with Gasteiger partial charge in [-0.2, -0.15) is 0 Å². The molecule has 3 aromatic rings. The predicted molar refractivity (Wildman–Crippen MR) is 196 cm³/mol. The van der Waals surface area contributed by atoms with Crippen LogP contribution in [0.2, 0.25) is 0 Å². The molecule has 44 heavy (non-hydrogen) atoms. The molecular weight excluding hydrogens is 545 g/mol. The number of rotatable bonds is 12. The van der Waals surface area contributed by atoms with Crippen molar-refractivity contribution in [2.24, 2.45) is 0 Å². The average Bonchev–Trinajstić information content (AvgIpc) is 3.54. The fourth-order valence-corrected chi connectivity index (χ4v) is 11.5. The van der Waals surface area contributed by atoms with E-state index in [1.807, 2.05) is 0 Å². The molecule has 0 amide bonds. The summed E-state index contributed by atoms with van der Waals surface area (Å²) in [6.07, 6.45) is 15.0. The molecule has 3 aromatic carbocycles. The predicted octanol–water partition coefficient (Wildman–Crippen LogP) is 11.6. The van der Waals surface area contributed by atoms with Crippen molar-refractivity contribution in [3.63, 3.8) is 0 Å². The zero-order chi connectivity index (χ0) is 31.8. The maximum Gasteiger partial charge on any atom is 0.123 e. The second-order valence-electron chi connectivity index (χ2n) is 14.4. The first-order valence-electron chi connectivity index (χ1n) is 18.0. The molecule has 2 aliphatic carbocycles. The maximum atomic E-state index is 2.84. The molecule has 1 heteroatoms. The van der Waals surface area contributed by atoms with Crippen LogP contribution in [0.3, 0.4) is 0 Å². The van der Waals surface area contributed by atoms with Crippen LogP contribution in [0.15, 0.2) is 60.7 Å². The Morgan fingerprint density at radius 1 is 0.591 bits per heavy atom. The summed E-state index contributed by atoms with van der Waals surface area (Å²) in [7, 11) is 0.644. The summed E-state index contributed by atoms with van der Waals surface area (Å²) in [6.45, 7) is 22.1. The van der Waals surface area contributed by atoms with Gasteiger partial charge in [0.25, 0.3) is 0 Å². The fourth-order valence-electron chi connectivity index (χ4n) is 9.65. The zero-order valence-electron chi connectivity index (χ0n) is 29.4. The van der Waals surface area contributed by atoms with Crippen LogP contribution in [0.25, 0.3) is 11.3 Å². The van der Waals surface area contributed by atoms with E-state index in [1.54, 1.807) is 27.4 Å². The van der Waals surface area contributed by atoms with Crippen molar-refractivity contribution in [3.8, 4) is 0 Å². The molecule has 0 spiro atoms. The van der Waals surface area contributed by atoms with Gasteiger partial charge in [-0.15, -0.1) is 0 Å². The molecule has 0 atom stereocenters. The molecular formula is C43H58Si. The highest BCUT2D eigenvalue weighted by atomic mass is 28.2. The Bertz CT molecular complexity index is 1400. The summed E-state index contributed by atoms with van der Waals surface area (Å²) >= 11 is 0. The number of benzene rings is 3. The van der Waals surface area contributed by atoms with Gasteiger partial charge in [0.1, 0.15) is 9.52 Å². The first kappa shape index (κ1) is 33.0. The van der Waals surface area contributed by atoms with Crippen LogP contribution in [0, 0.1) is 6.92 Å². The van der Waals surface area contributed by atoms with Crippen molar-refractivity contribution >= 4 is 26.0 Å². The fraction of sp³-hybridized carbons (Fsp3) is 0.535. The van der Waals surface area contributed by atoms with Crippen molar-refractivity contribution in [1.29, 1.82) is 0 Å². The largest absolute Gasteiger partial charge is 0.123 e. The standard InChI is InChI=1S/C43H58Si/c1-10-40(11-2)29-42(14-5,15-6)37-34(40)28-35-38(43(16-7,17-8)30-41(35,12-3)13-4)39(37)44-36(27-32-21-19-18-20-22-32)33-25-23-31(9)24-26-33/h18-28H,10-17,29-30H2,1-9H3/b36-27-. The average molecular weight is 603 g/mol. The van der Waals surface area contributed by atoms with Crippen LogP contribution < -0.4 is 5.19 Å². The minimum Gasteiger partial charge on any atom is -0.0645 e. The lowest BCUT2D eigenvalue weighted by Gasteiger charge is -2.36. The Morgan fingerprint density at radius 3 is 1.43 bits per heavy atom. The zero-order valence-corrected chi connectivity index (χ0v) is 30.4. The quantitative estimate of drug-likeness (QED) is 0.143. The summed E-state index contributed by atoms with van der Waals surface area (Å²) in [6, 6.07) is 23.3. The minimum atomic E-state index is 0.251. The van der Waals surface area contributed by atoms with Gasteiger partial charge in [-0.1, -0.05) is 138 Å². The third-order valence-corrected chi connectivity index (χ3v) is 14.5. The third-order valence-electron chi connectivity index (χ3n) is 13.0. The monoisotopic (exact) mass is 602 g/mol. The molecule has 0 aliphatic heterocycles. The van der Waals surface area contributed by atoms with E-state index in [-0.39, 0.29) is 21.7 Å². The summed E-state index contributed by atoms with van der Waals surface area (Å²) in [5.41, 5.74) is 12.1. The highest BCUT2D eigenvalue weighted by molar-refractivity contribution is 6.75. The second kappa shape index (κ2) is 12.8. The molecule has 0 heterocycles. The second-order valence-corrected chi connectivity index (χ2v) is 15.6. The Kier molecular flexibility index (Phi) is 9.59. The van der Waals surface area contributed by atoms with E-state index in [2.05, 4.69) is 129 Å². The van der Waals surface area contributed by atoms with Gasteiger partial charge in [0, 0.05) is 0 Å². The van der Waals surface area contributed by atoms with Crippen molar-refractivity contribution < 1.29 is 0 Å². The van der Waals surface area contributed by atoms with Crippen molar-refractivity contribution in [3.05, 3.63) is 99.6 Å². The topological polar surface area (TPSA) is 0 Å². The summed E-state index contributed by atoms with van der Waals surface area (Å²) < 4.78 is 0. The van der Waals surface area contributed by atoms with Gasteiger partial charge in [0.05, 0.1) is 0 Å². The van der Waals surface area contributed by atoms with Crippen molar-refractivity contribution in [2.75, 3.05) is 0 Å². The van der Waals surface area contributed by atoms with E-state index in [9.17, 15) is 0 Å². The Hall–Kier alpha value is -2.38. The molecule has 2 aliphatic rings. The Labute approximate surface area is 273 Å². The lowest BCUT2D eigenvalue weighted by Crippen LogP contribution is -2.38. The molecule has 0 nitrogen and oxygen atoms in total. The van der Waals surface area contributed by atoms with Crippen molar-refractivity contribution in [1.82, 2.24) is 0 Å². The molecule has 0 saturated heterocycles. The normalized spacial score (nSPS) is 19.2. The molecule has 2 radical (unpaired) electrons. The number of hydrogen-bond acceptors (Lipinski definition) is 0. The van der Waals surface area contributed by atoms with Gasteiger partial charge >= 0.3 is 0 Å². The van der Waals surface area contributed by atoms with Gasteiger partial charge in [0.2, 0.25) is 0 Å². The molecule has 0 fully saturated rings. The Balaban J connectivity index is 1.92. The summed E-state index contributed by atoms with van der Waals surface area (Å²) in [4.78, 5) is 0. The van der Waals surface area contributed by atoms with Gasteiger partial charge in [-0.25, -0.2) is 0 Å². The lowest BCUT2D eigenvalue weighted by molar-refractivity contribution is 0.279. The van der Waals surface area contributed by atoms with Crippen LogP contribution >= 0.6 is 0 Å². The van der Waals surface area contributed by atoms with Gasteiger partial charge in [0.15, 0.2) is 0 Å². The first-order valence-corrected chi connectivity index (χ1v) is 19.0. The van der Waals surface area contributed by atoms with E-state index < -0.39 is 0 Å². The minimum absolute atomic E-state index is 0.251. The maximum absolute atomic E-state index is 2.84. The lowest BCUT2D eigenvalue weighted by atomic mass is 9.70. The number of fused-ring (bicyclic) bond motifs is 2. The first-order chi connectivity index (χ1) is 21.2. The molecule has 0 N–H and O–H groups in total. The van der Waals surface area contributed by atoms with Gasteiger partial charge in [-0.3, -0.25) is 0 Å². The van der Waals surface area contributed by atoms with E-state index in [4.69, 9.17) is 0 Å². The van der Waals surface area contributed by atoms with Crippen LogP contribution in [-0.4, -0.2) is 9.52 Å². The molecule has 0 unspecified atom stereocenters. The van der Waals surface area contributed by atoms with Gasteiger partial charge < -0.3 is 0 Å². The number of aryl methyl sites for hydroxylation is 1. The molecule has 234 valence electrons. The van der Waals surface area contributed by atoms with E-state index in [0.717, 1.165) is 0 Å². The van der Waals surface area contributed by atoms with E-state index in [1.165, 1.54) is 86.1 Å². The highest BCUT2D eigenvalue weighted by Gasteiger charge is 2.56. The summed E-state index contributed by atoms with van der Waals surface area (Å²) in [5.74, 6) is 0. The molecule has 5 rings (SSSR count). The molecule has 0 bridgehead atoms. The molecule has 0 saturated carbocycles. The van der Waals surface area contributed by atoms with Crippen molar-refractivity contribution in [2.45, 2.75) is 148 Å². The van der Waals surface area contributed by atoms with Crippen LogP contribution in [0.1, 0.15) is 159 Å². The van der Waals surface area contributed by atoms with Crippen LogP contribution in [0.5, 0.6) is 0 Å². The Morgan fingerprint density at radius 2 is 1.02 bits per heavy atom. The van der Waals surface area contributed by atoms with Crippen LogP contribution in [0.4, 0.5) is 0 Å². The van der Waals surface area contributed by atoms with E-state index >= 15 is 0 Å². The van der Waals surface area contributed by atoms with Gasteiger partial charge in [-0.05, 0) is 126 Å². The van der Waals surface area contributed by atoms with E-state index in [0.29, 0.717) is 9.52 Å². The third kappa shape index (κ3) is 5.10. The van der Waals surface area contributed by atoms with Crippen LogP contribution in [-0.2, 0) is 21.7 Å². The smallest absolute Gasteiger partial charge is 0.0645 e.